The van der Waals surface area contributed by atoms with Gasteiger partial charge < -0.3 is 15.2 Å². The van der Waals surface area contributed by atoms with Crippen LogP contribution in [0, 0.1) is 12.3 Å². The van der Waals surface area contributed by atoms with E-state index in [1.807, 2.05) is 13.0 Å². The van der Waals surface area contributed by atoms with E-state index in [9.17, 15) is 4.79 Å². The number of aromatic nitrogens is 1. The molecule has 0 aliphatic heterocycles. The van der Waals surface area contributed by atoms with Crippen LogP contribution < -0.4 is 5.73 Å². The molecular formula is C12H19N3O2. The van der Waals surface area contributed by atoms with Crippen LogP contribution in [0.4, 0.5) is 0 Å². The number of carbonyl (C=O) groups excluding carboxylic acids is 1. The quantitative estimate of drug-likeness (QED) is 0.850. The van der Waals surface area contributed by atoms with Gasteiger partial charge in [0.1, 0.15) is 11.5 Å². The number of nitrogens with zero attached hydrogens (tertiary/aromatic N) is 2. The second-order valence-electron chi connectivity index (χ2n) is 4.93. The van der Waals surface area contributed by atoms with Crippen molar-refractivity contribution in [1.29, 1.82) is 0 Å². The molecule has 2 N–H and O–H groups in total. The Morgan fingerprint density at radius 2 is 2.35 bits per heavy atom. The van der Waals surface area contributed by atoms with E-state index in [0.29, 0.717) is 13.1 Å². The van der Waals surface area contributed by atoms with Gasteiger partial charge in [0.25, 0.3) is 0 Å². The Kier molecular flexibility index (Phi) is 3.19. The molecule has 0 aromatic carbocycles. The largest absolute Gasteiger partial charge is 0.361 e. The average molecular weight is 237 g/mol. The third-order valence-corrected chi connectivity index (χ3v) is 3.58. The van der Waals surface area contributed by atoms with Gasteiger partial charge in [-0.25, -0.2) is 0 Å². The van der Waals surface area contributed by atoms with Crippen LogP contribution in [0.15, 0.2) is 10.6 Å². The van der Waals surface area contributed by atoms with Crippen molar-refractivity contribution in [3.8, 4) is 0 Å². The first-order valence-corrected chi connectivity index (χ1v) is 5.95. The Bertz CT molecular complexity index is 404. The molecule has 1 aliphatic rings. The maximum atomic E-state index is 12.3. The molecule has 1 aromatic heterocycles. The number of rotatable bonds is 4. The van der Waals surface area contributed by atoms with E-state index in [0.717, 1.165) is 30.7 Å². The normalized spacial score (nSPS) is 17.6. The Morgan fingerprint density at radius 1 is 1.65 bits per heavy atom. The second-order valence-corrected chi connectivity index (χ2v) is 4.93. The van der Waals surface area contributed by atoms with Crippen molar-refractivity contribution in [2.75, 3.05) is 13.6 Å². The van der Waals surface area contributed by atoms with Gasteiger partial charge in [0.15, 0.2) is 0 Å². The average Bonchev–Trinajstić information content (AvgIpc) is 2.63. The van der Waals surface area contributed by atoms with Gasteiger partial charge in [-0.15, -0.1) is 0 Å². The van der Waals surface area contributed by atoms with E-state index >= 15 is 0 Å². The minimum absolute atomic E-state index is 0.131. The number of hydrogen-bond donors (Lipinski definition) is 1. The lowest BCUT2D eigenvalue weighted by atomic mass is 9.68. The van der Waals surface area contributed by atoms with Gasteiger partial charge in [-0.3, -0.25) is 4.79 Å². The number of aryl methyl sites for hydroxylation is 1. The zero-order valence-corrected chi connectivity index (χ0v) is 10.4. The topological polar surface area (TPSA) is 72.4 Å². The SMILES string of the molecule is Cc1cc(CN(C)C(=O)C2(CN)CCC2)no1. The third-order valence-electron chi connectivity index (χ3n) is 3.58. The standard InChI is InChI=1S/C12H19N3O2/c1-9-6-10(14-17-9)7-15(2)11(16)12(8-13)4-3-5-12/h6H,3-5,7-8,13H2,1-2H3. The Morgan fingerprint density at radius 3 is 2.76 bits per heavy atom. The molecule has 5 nitrogen and oxygen atoms in total. The van der Waals surface area contributed by atoms with Gasteiger partial charge in [0.2, 0.25) is 5.91 Å². The fourth-order valence-corrected chi connectivity index (χ4v) is 2.32. The van der Waals surface area contributed by atoms with Gasteiger partial charge in [-0.2, -0.15) is 0 Å². The number of amides is 1. The van der Waals surface area contributed by atoms with Crippen LogP contribution in [-0.2, 0) is 11.3 Å². The zero-order valence-electron chi connectivity index (χ0n) is 10.4. The summed E-state index contributed by atoms with van der Waals surface area (Å²) in [6.07, 6.45) is 2.91. The molecule has 1 amide bonds. The van der Waals surface area contributed by atoms with E-state index in [1.54, 1.807) is 11.9 Å². The lowest BCUT2D eigenvalue weighted by molar-refractivity contribution is -0.145. The van der Waals surface area contributed by atoms with Crippen molar-refractivity contribution in [2.24, 2.45) is 11.1 Å². The molecule has 0 spiro atoms. The number of hydrogen-bond acceptors (Lipinski definition) is 4. The summed E-state index contributed by atoms with van der Waals surface area (Å²) in [6.45, 7) is 2.76. The van der Waals surface area contributed by atoms with Crippen molar-refractivity contribution in [3.63, 3.8) is 0 Å². The molecule has 0 bridgehead atoms. The summed E-state index contributed by atoms with van der Waals surface area (Å²) in [4.78, 5) is 14.0. The molecule has 17 heavy (non-hydrogen) atoms. The number of nitrogens with two attached hydrogens (primary N) is 1. The van der Waals surface area contributed by atoms with E-state index in [2.05, 4.69) is 5.16 Å². The lowest BCUT2D eigenvalue weighted by Crippen LogP contribution is -2.50. The monoisotopic (exact) mass is 237 g/mol. The lowest BCUT2D eigenvalue weighted by Gasteiger charge is -2.41. The van der Waals surface area contributed by atoms with Crippen LogP contribution in [0.3, 0.4) is 0 Å². The first-order valence-electron chi connectivity index (χ1n) is 5.95. The zero-order chi connectivity index (χ0) is 12.5. The van der Waals surface area contributed by atoms with Crippen molar-refractivity contribution >= 4 is 5.91 Å². The minimum atomic E-state index is -0.312. The third kappa shape index (κ3) is 2.20. The fourth-order valence-electron chi connectivity index (χ4n) is 2.32. The Hall–Kier alpha value is -1.36. The summed E-state index contributed by atoms with van der Waals surface area (Å²) in [5.41, 5.74) is 6.19. The van der Waals surface area contributed by atoms with E-state index in [-0.39, 0.29) is 11.3 Å². The summed E-state index contributed by atoms with van der Waals surface area (Å²) in [6, 6.07) is 1.85. The molecule has 1 saturated carbocycles. The first-order chi connectivity index (χ1) is 8.07. The molecular weight excluding hydrogens is 218 g/mol. The van der Waals surface area contributed by atoms with Gasteiger partial charge in [0, 0.05) is 19.7 Å². The summed E-state index contributed by atoms with van der Waals surface area (Å²) in [5, 5.41) is 3.89. The van der Waals surface area contributed by atoms with Crippen molar-refractivity contribution in [1.82, 2.24) is 10.1 Å². The highest BCUT2D eigenvalue weighted by molar-refractivity contribution is 5.83. The first kappa shape index (κ1) is 12.1. The van der Waals surface area contributed by atoms with Crippen LogP contribution in [0.2, 0.25) is 0 Å². The van der Waals surface area contributed by atoms with Crippen molar-refractivity contribution in [3.05, 3.63) is 17.5 Å². The molecule has 2 rings (SSSR count). The number of carbonyl (C=O) groups is 1. The minimum Gasteiger partial charge on any atom is -0.361 e. The predicted octanol–water partition coefficient (Wildman–Crippen LogP) is 1.07. The fraction of sp³-hybridized carbons (Fsp3) is 0.667. The summed E-state index contributed by atoms with van der Waals surface area (Å²) in [7, 11) is 1.79. The predicted molar refractivity (Wildman–Crippen MR) is 63.1 cm³/mol. The summed E-state index contributed by atoms with van der Waals surface area (Å²) < 4.78 is 4.98. The van der Waals surface area contributed by atoms with Crippen LogP contribution in [-0.4, -0.2) is 29.6 Å². The summed E-state index contributed by atoms with van der Waals surface area (Å²) in [5.74, 6) is 0.893. The highest BCUT2D eigenvalue weighted by atomic mass is 16.5. The van der Waals surface area contributed by atoms with E-state index in [1.165, 1.54) is 0 Å². The Labute approximate surface area is 101 Å². The molecule has 94 valence electrons. The van der Waals surface area contributed by atoms with Gasteiger partial charge in [-0.1, -0.05) is 11.6 Å². The molecule has 0 atom stereocenters. The van der Waals surface area contributed by atoms with Crippen LogP contribution in [0.5, 0.6) is 0 Å². The maximum Gasteiger partial charge on any atom is 0.230 e. The van der Waals surface area contributed by atoms with Crippen LogP contribution in [0.1, 0.15) is 30.7 Å². The van der Waals surface area contributed by atoms with Gasteiger partial charge >= 0.3 is 0 Å². The molecule has 5 heteroatoms. The molecule has 1 aromatic rings. The molecule has 0 unspecified atom stereocenters. The molecule has 1 fully saturated rings. The van der Waals surface area contributed by atoms with Crippen LogP contribution >= 0.6 is 0 Å². The summed E-state index contributed by atoms with van der Waals surface area (Å²) >= 11 is 0. The second kappa shape index (κ2) is 4.49. The highest BCUT2D eigenvalue weighted by Gasteiger charge is 2.44. The van der Waals surface area contributed by atoms with Crippen LogP contribution in [0.25, 0.3) is 0 Å². The molecule has 1 heterocycles. The molecule has 0 saturated heterocycles. The van der Waals surface area contributed by atoms with E-state index in [4.69, 9.17) is 10.3 Å². The van der Waals surface area contributed by atoms with E-state index < -0.39 is 0 Å². The van der Waals surface area contributed by atoms with Gasteiger partial charge in [-0.05, 0) is 19.8 Å². The molecule has 1 aliphatic carbocycles. The van der Waals surface area contributed by atoms with Crippen molar-refractivity contribution in [2.45, 2.75) is 32.7 Å². The highest BCUT2D eigenvalue weighted by Crippen LogP contribution is 2.41. The van der Waals surface area contributed by atoms with Gasteiger partial charge in [0.05, 0.1) is 12.0 Å². The molecule has 0 radical (unpaired) electrons. The maximum absolute atomic E-state index is 12.3. The van der Waals surface area contributed by atoms with Crippen molar-refractivity contribution < 1.29 is 9.32 Å². The smallest absolute Gasteiger partial charge is 0.230 e. The Balaban J connectivity index is 2.00.